The van der Waals surface area contributed by atoms with Gasteiger partial charge in [0.05, 0.1) is 19.3 Å². The van der Waals surface area contributed by atoms with Gasteiger partial charge in [-0.1, -0.05) is 18.2 Å². The number of hydrogen-bond donors (Lipinski definition) is 2. The summed E-state index contributed by atoms with van der Waals surface area (Å²) in [5.41, 5.74) is 2.36. The Balaban J connectivity index is 1.51. The fourth-order valence-corrected chi connectivity index (χ4v) is 2.87. The monoisotopic (exact) mass is 363 g/mol. The summed E-state index contributed by atoms with van der Waals surface area (Å²) >= 11 is 0. The van der Waals surface area contributed by atoms with Crippen LogP contribution in [0.3, 0.4) is 0 Å². The fraction of sp³-hybridized carbons (Fsp3) is 0.650. The molecular weight excluding hydrogens is 330 g/mol. The maximum Gasteiger partial charge on any atom is 0.190 e. The van der Waals surface area contributed by atoms with Crippen molar-refractivity contribution in [2.75, 3.05) is 46.6 Å². The van der Waals surface area contributed by atoms with Crippen molar-refractivity contribution < 1.29 is 14.2 Å². The molecule has 2 N–H and O–H groups in total. The Kier molecular flexibility index (Phi) is 9.28. The molecule has 0 radical (unpaired) electrons. The van der Waals surface area contributed by atoms with Crippen LogP contribution in [0.1, 0.15) is 30.4 Å². The second-order valence-corrected chi connectivity index (χ2v) is 6.56. The number of rotatable bonds is 10. The SMILES string of the molecule is CN=C(NCCCOc1c(C)cccc1C)NCCCOC1CCOC1. The average Bonchev–Trinajstić information content (AvgIpc) is 3.15. The first-order valence-corrected chi connectivity index (χ1v) is 9.53. The molecule has 0 bridgehead atoms. The van der Waals surface area contributed by atoms with Gasteiger partial charge in [0, 0.05) is 33.4 Å². The molecule has 0 aliphatic carbocycles. The highest BCUT2D eigenvalue weighted by molar-refractivity contribution is 5.79. The van der Waals surface area contributed by atoms with E-state index in [0.717, 1.165) is 63.9 Å². The van der Waals surface area contributed by atoms with Crippen molar-refractivity contribution in [3.63, 3.8) is 0 Å². The van der Waals surface area contributed by atoms with E-state index in [1.807, 2.05) is 0 Å². The van der Waals surface area contributed by atoms with E-state index in [-0.39, 0.29) is 6.10 Å². The predicted octanol–water partition coefficient (Wildman–Crippen LogP) is 2.43. The van der Waals surface area contributed by atoms with E-state index in [0.29, 0.717) is 6.61 Å². The van der Waals surface area contributed by atoms with Crippen LogP contribution < -0.4 is 15.4 Å². The van der Waals surface area contributed by atoms with Gasteiger partial charge in [0.2, 0.25) is 0 Å². The van der Waals surface area contributed by atoms with Gasteiger partial charge >= 0.3 is 0 Å². The van der Waals surface area contributed by atoms with Crippen molar-refractivity contribution in [3.05, 3.63) is 29.3 Å². The number of hydrogen-bond acceptors (Lipinski definition) is 4. The molecule has 0 spiro atoms. The molecule has 0 saturated carbocycles. The lowest BCUT2D eigenvalue weighted by Gasteiger charge is -2.14. The van der Waals surface area contributed by atoms with Crippen LogP contribution in [0.15, 0.2) is 23.2 Å². The lowest BCUT2D eigenvalue weighted by Crippen LogP contribution is -2.38. The zero-order chi connectivity index (χ0) is 18.6. The molecule has 1 aliphatic rings. The van der Waals surface area contributed by atoms with E-state index in [9.17, 15) is 0 Å². The topological polar surface area (TPSA) is 64.1 Å². The summed E-state index contributed by atoms with van der Waals surface area (Å²) in [5.74, 6) is 1.82. The lowest BCUT2D eigenvalue weighted by molar-refractivity contribution is 0.0420. The van der Waals surface area contributed by atoms with Crippen LogP contribution >= 0.6 is 0 Å². The Morgan fingerprint density at radius 2 is 1.85 bits per heavy atom. The predicted molar refractivity (Wildman–Crippen MR) is 105 cm³/mol. The van der Waals surface area contributed by atoms with E-state index in [1.165, 1.54) is 11.1 Å². The van der Waals surface area contributed by atoms with Crippen LogP contribution in [0.4, 0.5) is 0 Å². The molecule has 1 heterocycles. The second-order valence-electron chi connectivity index (χ2n) is 6.56. The minimum atomic E-state index is 0.282. The van der Waals surface area contributed by atoms with Crippen LogP contribution in [0, 0.1) is 13.8 Å². The van der Waals surface area contributed by atoms with Crippen LogP contribution in [-0.4, -0.2) is 58.6 Å². The highest BCUT2D eigenvalue weighted by atomic mass is 16.5. The number of nitrogens with zero attached hydrogens (tertiary/aromatic N) is 1. The van der Waals surface area contributed by atoms with E-state index in [2.05, 4.69) is 47.7 Å². The zero-order valence-corrected chi connectivity index (χ0v) is 16.3. The van der Waals surface area contributed by atoms with Crippen LogP contribution in [-0.2, 0) is 9.47 Å². The molecule has 1 atom stereocenters. The van der Waals surface area contributed by atoms with E-state index < -0.39 is 0 Å². The van der Waals surface area contributed by atoms with Gasteiger partial charge in [-0.3, -0.25) is 4.99 Å². The van der Waals surface area contributed by atoms with Crippen molar-refractivity contribution >= 4 is 5.96 Å². The Labute approximate surface area is 157 Å². The maximum absolute atomic E-state index is 5.92. The van der Waals surface area contributed by atoms with E-state index in [4.69, 9.17) is 14.2 Å². The first kappa shape index (κ1) is 20.5. The van der Waals surface area contributed by atoms with Crippen LogP contribution in [0.2, 0.25) is 0 Å². The Hall–Kier alpha value is -1.79. The summed E-state index contributed by atoms with van der Waals surface area (Å²) in [6, 6.07) is 6.22. The molecule has 0 aromatic heterocycles. The standard InChI is InChI=1S/C20H33N3O3/c1-16-7-4-8-17(2)19(16)26-13-6-11-23-20(21-3)22-10-5-12-25-18-9-14-24-15-18/h4,7-8,18H,5-6,9-15H2,1-3H3,(H2,21,22,23). The molecule has 1 aliphatic heterocycles. The third kappa shape index (κ3) is 7.22. The number of aryl methyl sites for hydroxylation is 2. The van der Waals surface area contributed by atoms with Crippen molar-refractivity contribution in [1.82, 2.24) is 10.6 Å². The van der Waals surface area contributed by atoms with Crippen LogP contribution in [0.25, 0.3) is 0 Å². The minimum Gasteiger partial charge on any atom is -0.493 e. The first-order chi connectivity index (χ1) is 12.7. The Morgan fingerprint density at radius 1 is 1.15 bits per heavy atom. The number of nitrogens with one attached hydrogen (secondary N) is 2. The average molecular weight is 364 g/mol. The molecular formula is C20H33N3O3. The second kappa shape index (κ2) is 11.8. The number of ether oxygens (including phenoxy) is 3. The van der Waals surface area contributed by atoms with Crippen molar-refractivity contribution in [2.24, 2.45) is 4.99 Å². The molecule has 6 heteroatoms. The number of aliphatic imine (C=N–C) groups is 1. The largest absolute Gasteiger partial charge is 0.493 e. The molecule has 26 heavy (non-hydrogen) atoms. The molecule has 1 unspecified atom stereocenters. The smallest absolute Gasteiger partial charge is 0.190 e. The van der Waals surface area contributed by atoms with Crippen molar-refractivity contribution in [1.29, 1.82) is 0 Å². The van der Waals surface area contributed by atoms with Gasteiger partial charge in [-0.15, -0.1) is 0 Å². The van der Waals surface area contributed by atoms with Gasteiger partial charge in [0.1, 0.15) is 5.75 Å². The number of benzene rings is 1. The van der Waals surface area contributed by atoms with Gasteiger partial charge in [0.25, 0.3) is 0 Å². The highest BCUT2D eigenvalue weighted by Crippen LogP contribution is 2.22. The summed E-state index contributed by atoms with van der Waals surface area (Å²) in [5, 5.41) is 6.62. The quantitative estimate of drug-likeness (QED) is 0.380. The molecule has 1 aromatic carbocycles. The maximum atomic E-state index is 5.92. The number of guanidine groups is 1. The summed E-state index contributed by atoms with van der Waals surface area (Å²) in [4.78, 5) is 4.24. The molecule has 0 amide bonds. The molecule has 2 rings (SSSR count). The van der Waals surface area contributed by atoms with Gasteiger partial charge in [-0.2, -0.15) is 0 Å². The Bertz CT molecular complexity index is 537. The third-order valence-electron chi connectivity index (χ3n) is 4.35. The van der Waals surface area contributed by atoms with E-state index in [1.54, 1.807) is 7.05 Å². The third-order valence-corrected chi connectivity index (χ3v) is 4.35. The van der Waals surface area contributed by atoms with Gasteiger partial charge in [-0.05, 0) is 44.2 Å². The van der Waals surface area contributed by atoms with Crippen LogP contribution in [0.5, 0.6) is 5.75 Å². The molecule has 1 saturated heterocycles. The van der Waals surface area contributed by atoms with Gasteiger partial charge in [0.15, 0.2) is 5.96 Å². The number of para-hydroxylation sites is 1. The summed E-state index contributed by atoms with van der Waals surface area (Å²) in [6.45, 7) is 8.82. The normalized spacial score (nSPS) is 17.3. The summed E-state index contributed by atoms with van der Waals surface area (Å²) in [7, 11) is 1.79. The molecule has 146 valence electrons. The molecule has 1 aromatic rings. The van der Waals surface area contributed by atoms with Gasteiger partial charge in [-0.25, -0.2) is 0 Å². The fourth-order valence-electron chi connectivity index (χ4n) is 2.87. The lowest BCUT2D eigenvalue weighted by atomic mass is 10.1. The molecule has 1 fully saturated rings. The first-order valence-electron chi connectivity index (χ1n) is 9.53. The Morgan fingerprint density at radius 3 is 2.46 bits per heavy atom. The zero-order valence-electron chi connectivity index (χ0n) is 16.3. The highest BCUT2D eigenvalue weighted by Gasteiger charge is 2.15. The van der Waals surface area contributed by atoms with Gasteiger partial charge < -0.3 is 24.8 Å². The van der Waals surface area contributed by atoms with E-state index >= 15 is 0 Å². The van der Waals surface area contributed by atoms with Crippen molar-refractivity contribution in [2.45, 2.75) is 39.2 Å². The molecule has 6 nitrogen and oxygen atoms in total. The minimum absolute atomic E-state index is 0.282. The summed E-state index contributed by atoms with van der Waals surface area (Å²) < 4.78 is 17.0. The summed E-state index contributed by atoms with van der Waals surface area (Å²) in [6.07, 6.45) is 3.16. The van der Waals surface area contributed by atoms with Crippen molar-refractivity contribution in [3.8, 4) is 5.75 Å².